The molecule has 1 amide bonds. The van der Waals surface area contributed by atoms with Gasteiger partial charge in [0.05, 0.1) is 0 Å². The number of amides is 1. The number of hydrogen-bond acceptors (Lipinski definition) is 2. The third kappa shape index (κ3) is 4.61. The minimum atomic E-state index is 0.149. The molecule has 4 heteroatoms. The Morgan fingerprint density at radius 1 is 1.47 bits per heavy atom. The first-order valence-corrected chi connectivity index (χ1v) is 6.26. The predicted molar refractivity (Wildman–Crippen MR) is 69.7 cm³/mol. The van der Waals surface area contributed by atoms with E-state index in [0.717, 1.165) is 26.1 Å². The van der Waals surface area contributed by atoms with Gasteiger partial charge in [0.25, 0.3) is 0 Å². The topological polar surface area (TPSA) is 37.3 Å². The second-order valence-corrected chi connectivity index (χ2v) is 4.28. The Bertz CT molecular complexity index is 346. The third-order valence-electron chi connectivity index (χ3n) is 2.79. The minimum Gasteiger partial charge on any atom is -0.345 e. The number of hydrogen-bond donors (Lipinski definition) is 1. The standard InChI is InChI=1S/C13H23N3O/c1-4-7-14-9-12-6-8-16(10-12)11-13(17)15(3)5-2/h6,8,10,14H,4-5,7,9,11H2,1-3H3. The van der Waals surface area contributed by atoms with Gasteiger partial charge in [-0.05, 0) is 31.5 Å². The SMILES string of the molecule is CCCNCc1ccn(CC(=O)N(C)CC)c1. The average Bonchev–Trinajstić information content (AvgIpc) is 2.76. The van der Waals surface area contributed by atoms with Gasteiger partial charge in [-0.25, -0.2) is 0 Å². The molecule has 17 heavy (non-hydrogen) atoms. The molecule has 1 rings (SSSR count). The highest BCUT2D eigenvalue weighted by Crippen LogP contribution is 2.02. The molecule has 0 aliphatic rings. The zero-order valence-electron chi connectivity index (χ0n) is 11.1. The Labute approximate surface area is 104 Å². The Kier molecular flexibility index (Phi) is 5.77. The van der Waals surface area contributed by atoms with Crippen molar-refractivity contribution in [3.63, 3.8) is 0 Å². The van der Waals surface area contributed by atoms with Gasteiger partial charge in [0.15, 0.2) is 0 Å². The van der Waals surface area contributed by atoms with Crippen LogP contribution in [0.4, 0.5) is 0 Å². The van der Waals surface area contributed by atoms with Crippen LogP contribution in [0.5, 0.6) is 0 Å². The quantitative estimate of drug-likeness (QED) is 0.729. The third-order valence-corrected chi connectivity index (χ3v) is 2.79. The van der Waals surface area contributed by atoms with Gasteiger partial charge in [-0.1, -0.05) is 6.92 Å². The van der Waals surface area contributed by atoms with Crippen LogP contribution in [0.25, 0.3) is 0 Å². The molecule has 0 saturated carbocycles. The fourth-order valence-corrected chi connectivity index (χ4v) is 1.56. The van der Waals surface area contributed by atoms with E-state index in [-0.39, 0.29) is 5.91 Å². The highest BCUT2D eigenvalue weighted by molar-refractivity contribution is 5.75. The van der Waals surface area contributed by atoms with E-state index in [1.807, 2.05) is 30.9 Å². The fraction of sp³-hybridized carbons (Fsp3) is 0.615. The van der Waals surface area contributed by atoms with Crippen molar-refractivity contribution in [2.75, 3.05) is 20.1 Å². The highest BCUT2D eigenvalue weighted by atomic mass is 16.2. The van der Waals surface area contributed by atoms with Crippen molar-refractivity contribution in [2.24, 2.45) is 0 Å². The number of likely N-dealkylation sites (N-methyl/N-ethyl adjacent to an activating group) is 1. The lowest BCUT2D eigenvalue weighted by Crippen LogP contribution is -2.29. The van der Waals surface area contributed by atoms with Crippen molar-refractivity contribution in [3.8, 4) is 0 Å². The largest absolute Gasteiger partial charge is 0.345 e. The van der Waals surface area contributed by atoms with Crippen LogP contribution in [-0.4, -0.2) is 35.5 Å². The lowest BCUT2D eigenvalue weighted by molar-refractivity contribution is -0.130. The average molecular weight is 237 g/mol. The molecule has 0 fully saturated rings. The van der Waals surface area contributed by atoms with Crippen LogP contribution in [0.1, 0.15) is 25.8 Å². The molecule has 96 valence electrons. The summed E-state index contributed by atoms with van der Waals surface area (Å²) in [5.74, 6) is 0.149. The van der Waals surface area contributed by atoms with Crippen LogP contribution in [0.2, 0.25) is 0 Å². The second-order valence-electron chi connectivity index (χ2n) is 4.28. The van der Waals surface area contributed by atoms with Gasteiger partial charge in [-0.3, -0.25) is 4.79 Å². The molecule has 1 aromatic rings. The molecule has 0 spiro atoms. The molecule has 0 unspecified atom stereocenters. The summed E-state index contributed by atoms with van der Waals surface area (Å²) in [6.45, 7) is 7.22. The summed E-state index contributed by atoms with van der Waals surface area (Å²) in [7, 11) is 1.83. The zero-order valence-corrected chi connectivity index (χ0v) is 11.1. The predicted octanol–water partition coefficient (Wildman–Crippen LogP) is 1.47. The van der Waals surface area contributed by atoms with Crippen molar-refractivity contribution in [1.82, 2.24) is 14.8 Å². The first-order chi connectivity index (χ1) is 8.17. The molecule has 4 nitrogen and oxygen atoms in total. The van der Waals surface area contributed by atoms with Crippen LogP contribution < -0.4 is 5.32 Å². The Morgan fingerprint density at radius 2 is 2.24 bits per heavy atom. The second kappa shape index (κ2) is 7.12. The van der Waals surface area contributed by atoms with Crippen molar-refractivity contribution in [1.29, 1.82) is 0 Å². The maximum Gasteiger partial charge on any atom is 0.242 e. The lowest BCUT2D eigenvalue weighted by atomic mass is 10.3. The Balaban J connectivity index is 2.42. The van der Waals surface area contributed by atoms with E-state index < -0.39 is 0 Å². The molecule has 0 bridgehead atoms. The summed E-state index contributed by atoms with van der Waals surface area (Å²) in [5, 5.41) is 3.34. The molecule has 0 radical (unpaired) electrons. The molecule has 0 atom stereocenters. The van der Waals surface area contributed by atoms with E-state index >= 15 is 0 Å². The van der Waals surface area contributed by atoms with Gasteiger partial charge in [0.1, 0.15) is 6.54 Å². The summed E-state index contributed by atoms with van der Waals surface area (Å²) in [5.41, 5.74) is 1.23. The minimum absolute atomic E-state index is 0.149. The van der Waals surface area contributed by atoms with Crippen LogP contribution in [0, 0.1) is 0 Å². The molecule has 0 aromatic carbocycles. The number of nitrogens with zero attached hydrogens (tertiary/aromatic N) is 2. The van der Waals surface area contributed by atoms with E-state index in [1.165, 1.54) is 5.56 Å². The molecule has 0 aliphatic carbocycles. The van der Waals surface area contributed by atoms with Crippen molar-refractivity contribution in [2.45, 2.75) is 33.4 Å². The van der Waals surface area contributed by atoms with Gasteiger partial charge in [-0.15, -0.1) is 0 Å². The van der Waals surface area contributed by atoms with Crippen LogP contribution in [0.15, 0.2) is 18.5 Å². The summed E-state index contributed by atoms with van der Waals surface area (Å²) in [6, 6.07) is 2.06. The van der Waals surface area contributed by atoms with E-state index in [1.54, 1.807) is 4.90 Å². The van der Waals surface area contributed by atoms with Gasteiger partial charge < -0.3 is 14.8 Å². The van der Waals surface area contributed by atoms with Crippen LogP contribution >= 0.6 is 0 Å². The van der Waals surface area contributed by atoms with Gasteiger partial charge in [0.2, 0.25) is 5.91 Å². The lowest BCUT2D eigenvalue weighted by Gasteiger charge is -2.14. The van der Waals surface area contributed by atoms with Crippen LogP contribution in [-0.2, 0) is 17.9 Å². The van der Waals surface area contributed by atoms with Crippen molar-refractivity contribution < 1.29 is 4.79 Å². The van der Waals surface area contributed by atoms with Crippen LogP contribution in [0.3, 0.4) is 0 Å². The maximum absolute atomic E-state index is 11.7. The normalized spacial score (nSPS) is 10.5. The molecule has 0 saturated heterocycles. The summed E-state index contributed by atoms with van der Waals surface area (Å²) in [6.07, 6.45) is 5.13. The first kappa shape index (κ1) is 13.8. The Hall–Kier alpha value is -1.29. The zero-order chi connectivity index (χ0) is 12.7. The molecular weight excluding hydrogens is 214 g/mol. The van der Waals surface area contributed by atoms with Gasteiger partial charge in [-0.2, -0.15) is 0 Å². The van der Waals surface area contributed by atoms with E-state index in [9.17, 15) is 4.79 Å². The van der Waals surface area contributed by atoms with E-state index in [0.29, 0.717) is 6.54 Å². The van der Waals surface area contributed by atoms with E-state index in [2.05, 4.69) is 18.3 Å². The first-order valence-electron chi connectivity index (χ1n) is 6.26. The molecule has 1 N–H and O–H groups in total. The highest BCUT2D eigenvalue weighted by Gasteiger charge is 2.07. The number of nitrogens with one attached hydrogen (secondary N) is 1. The number of carbonyl (C=O) groups excluding carboxylic acids is 1. The van der Waals surface area contributed by atoms with Crippen molar-refractivity contribution in [3.05, 3.63) is 24.0 Å². The van der Waals surface area contributed by atoms with Gasteiger partial charge in [0, 0.05) is 32.5 Å². The molecule has 1 aromatic heterocycles. The summed E-state index contributed by atoms with van der Waals surface area (Å²) < 4.78 is 1.94. The molecule has 1 heterocycles. The molecule has 0 aliphatic heterocycles. The summed E-state index contributed by atoms with van der Waals surface area (Å²) >= 11 is 0. The fourth-order valence-electron chi connectivity index (χ4n) is 1.56. The molecular formula is C13H23N3O. The Morgan fingerprint density at radius 3 is 2.88 bits per heavy atom. The summed E-state index contributed by atoms with van der Waals surface area (Å²) in [4.78, 5) is 13.4. The maximum atomic E-state index is 11.7. The monoisotopic (exact) mass is 237 g/mol. The number of aromatic nitrogens is 1. The van der Waals surface area contributed by atoms with E-state index in [4.69, 9.17) is 0 Å². The van der Waals surface area contributed by atoms with Crippen molar-refractivity contribution >= 4 is 5.91 Å². The number of rotatable bonds is 7. The number of carbonyl (C=O) groups is 1. The van der Waals surface area contributed by atoms with Gasteiger partial charge >= 0.3 is 0 Å². The smallest absolute Gasteiger partial charge is 0.242 e.